The quantitative estimate of drug-likeness (QED) is 0.816. The number of ether oxygens (including phenoxy) is 1. The lowest BCUT2D eigenvalue weighted by Crippen LogP contribution is -2.36. The van der Waals surface area contributed by atoms with E-state index in [9.17, 15) is 13.2 Å². The van der Waals surface area contributed by atoms with E-state index in [0.717, 1.165) is 6.42 Å². The Labute approximate surface area is 138 Å². The molecular weight excluding hydrogens is 316 g/mol. The van der Waals surface area contributed by atoms with E-state index in [2.05, 4.69) is 0 Å². The molecule has 1 aliphatic heterocycles. The molecule has 0 unspecified atom stereocenters. The van der Waals surface area contributed by atoms with Crippen LogP contribution in [0.25, 0.3) is 0 Å². The van der Waals surface area contributed by atoms with Crippen LogP contribution in [0, 0.1) is 0 Å². The Morgan fingerprint density at radius 1 is 1.22 bits per heavy atom. The monoisotopic (exact) mass is 340 g/mol. The van der Waals surface area contributed by atoms with Gasteiger partial charge in [-0.2, -0.15) is 0 Å². The summed E-state index contributed by atoms with van der Waals surface area (Å²) in [5.74, 6) is 0.604. The van der Waals surface area contributed by atoms with Gasteiger partial charge in [0, 0.05) is 31.7 Å². The molecule has 0 aliphatic carbocycles. The van der Waals surface area contributed by atoms with Crippen molar-refractivity contribution in [3.05, 3.63) is 29.8 Å². The highest BCUT2D eigenvalue weighted by Gasteiger charge is 2.24. The molecule has 0 N–H and O–H groups in total. The topological polar surface area (TPSA) is 66.9 Å². The van der Waals surface area contributed by atoms with E-state index in [0.29, 0.717) is 50.5 Å². The first-order valence-electron chi connectivity index (χ1n) is 7.89. The van der Waals surface area contributed by atoms with E-state index >= 15 is 0 Å². The molecule has 23 heavy (non-hydrogen) atoms. The van der Waals surface area contributed by atoms with E-state index in [1.807, 2.05) is 13.0 Å². The summed E-state index contributed by atoms with van der Waals surface area (Å²) in [7, 11) is -3.20. The predicted molar refractivity (Wildman–Crippen MR) is 89.2 cm³/mol. The minimum atomic E-state index is -3.20. The summed E-state index contributed by atoms with van der Waals surface area (Å²) < 4.78 is 30.3. The second-order valence-corrected chi connectivity index (χ2v) is 7.67. The Balaban J connectivity index is 2.05. The van der Waals surface area contributed by atoms with Gasteiger partial charge in [0.1, 0.15) is 5.75 Å². The fourth-order valence-electron chi connectivity index (χ4n) is 2.55. The third kappa shape index (κ3) is 4.94. The zero-order chi connectivity index (χ0) is 16.9. The smallest absolute Gasteiger partial charge is 0.254 e. The second kappa shape index (κ2) is 7.79. The summed E-state index contributed by atoms with van der Waals surface area (Å²) >= 11 is 0. The maximum absolute atomic E-state index is 12.6. The molecule has 1 aliphatic rings. The number of carbonyl (C=O) groups is 1. The van der Waals surface area contributed by atoms with E-state index in [1.165, 1.54) is 10.6 Å². The van der Waals surface area contributed by atoms with E-state index < -0.39 is 10.0 Å². The van der Waals surface area contributed by atoms with Gasteiger partial charge in [0.15, 0.2) is 0 Å². The molecule has 1 saturated heterocycles. The Bertz CT molecular complexity index is 645. The van der Waals surface area contributed by atoms with Crippen LogP contribution in [0.4, 0.5) is 0 Å². The van der Waals surface area contributed by atoms with Gasteiger partial charge in [0.2, 0.25) is 10.0 Å². The van der Waals surface area contributed by atoms with Crippen LogP contribution in [0.15, 0.2) is 24.3 Å². The minimum absolute atomic E-state index is 0.0812. The van der Waals surface area contributed by atoms with E-state index in [-0.39, 0.29) is 5.91 Å². The highest BCUT2D eigenvalue weighted by Crippen LogP contribution is 2.17. The lowest BCUT2D eigenvalue weighted by molar-refractivity contribution is 0.0764. The molecule has 0 aromatic heterocycles. The van der Waals surface area contributed by atoms with Crippen molar-refractivity contribution in [1.29, 1.82) is 0 Å². The summed E-state index contributed by atoms with van der Waals surface area (Å²) in [5.41, 5.74) is 0.575. The van der Waals surface area contributed by atoms with E-state index in [4.69, 9.17) is 4.74 Å². The Morgan fingerprint density at radius 2 is 2.00 bits per heavy atom. The van der Waals surface area contributed by atoms with Crippen LogP contribution in [0.5, 0.6) is 5.75 Å². The molecule has 1 amide bonds. The first kappa shape index (κ1) is 17.7. The zero-order valence-electron chi connectivity index (χ0n) is 13.7. The van der Waals surface area contributed by atoms with Crippen molar-refractivity contribution in [2.75, 3.05) is 39.0 Å². The van der Waals surface area contributed by atoms with Crippen LogP contribution in [0.2, 0.25) is 0 Å². The molecular formula is C16H24N2O4S. The molecule has 7 heteroatoms. The SMILES string of the molecule is CCCOc1cccc(C(=O)N2CCCN(S(C)(=O)=O)CC2)c1. The molecule has 128 valence electrons. The maximum Gasteiger partial charge on any atom is 0.254 e. The maximum atomic E-state index is 12.6. The minimum Gasteiger partial charge on any atom is -0.494 e. The van der Waals surface area contributed by atoms with Gasteiger partial charge in [0.05, 0.1) is 12.9 Å². The largest absolute Gasteiger partial charge is 0.494 e. The number of rotatable bonds is 5. The number of sulfonamides is 1. The molecule has 0 radical (unpaired) electrons. The van der Waals surface area contributed by atoms with Crippen molar-refractivity contribution in [2.24, 2.45) is 0 Å². The van der Waals surface area contributed by atoms with Gasteiger partial charge in [0.25, 0.3) is 5.91 Å². The second-order valence-electron chi connectivity index (χ2n) is 5.68. The van der Waals surface area contributed by atoms with Crippen molar-refractivity contribution in [3.8, 4) is 5.75 Å². The predicted octanol–water partition coefficient (Wildman–Crippen LogP) is 1.58. The van der Waals surface area contributed by atoms with Gasteiger partial charge < -0.3 is 9.64 Å². The Morgan fingerprint density at radius 3 is 2.70 bits per heavy atom. The average molecular weight is 340 g/mol. The summed E-state index contributed by atoms with van der Waals surface area (Å²) in [5, 5.41) is 0. The third-order valence-electron chi connectivity index (χ3n) is 3.76. The van der Waals surface area contributed by atoms with Crippen molar-refractivity contribution in [2.45, 2.75) is 19.8 Å². The van der Waals surface area contributed by atoms with Gasteiger partial charge in [-0.05, 0) is 31.0 Å². The average Bonchev–Trinajstić information content (AvgIpc) is 2.78. The van der Waals surface area contributed by atoms with Gasteiger partial charge in [-0.3, -0.25) is 4.79 Å². The number of carbonyl (C=O) groups excluding carboxylic acids is 1. The third-order valence-corrected chi connectivity index (χ3v) is 5.07. The number of amides is 1. The Hall–Kier alpha value is -1.60. The molecule has 0 atom stereocenters. The first-order valence-corrected chi connectivity index (χ1v) is 9.74. The van der Waals surface area contributed by atoms with Gasteiger partial charge in [-0.25, -0.2) is 12.7 Å². The molecule has 1 aromatic rings. The van der Waals surface area contributed by atoms with Crippen LogP contribution >= 0.6 is 0 Å². The van der Waals surface area contributed by atoms with Crippen molar-refractivity contribution >= 4 is 15.9 Å². The lowest BCUT2D eigenvalue weighted by atomic mass is 10.2. The zero-order valence-corrected chi connectivity index (χ0v) is 14.5. The summed E-state index contributed by atoms with van der Waals surface area (Å²) in [6.07, 6.45) is 2.76. The summed E-state index contributed by atoms with van der Waals surface area (Å²) in [6.45, 7) is 4.42. The summed E-state index contributed by atoms with van der Waals surface area (Å²) in [4.78, 5) is 14.3. The van der Waals surface area contributed by atoms with Crippen molar-refractivity contribution in [1.82, 2.24) is 9.21 Å². The normalized spacial score (nSPS) is 16.9. The number of nitrogens with zero attached hydrogens (tertiary/aromatic N) is 2. The highest BCUT2D eigenvalue weighted by atomic mass is 32.2. The molecule has 2 rings (SSSR count). The van der Waals surface area contributed by atoms with E-state index in [1.54, 1.807) is 23.1 Å². The molecule has 6 nitrogen and oxygen atoms in total. The molecule has 0 bridgehead atoms. The molecule has 1 fully saturated rings. The number of hydrogen-bond acceptors (Lipinski definition) is 4. The number of hydrogen-bond donors (Lipinski definition) is 0. The van der Waals surface area contributed by atoms with Gasteiger partial charge in [-0.1, -0.05) is 13.0 Å². The highest BCUT2D eigenvalue weighted by molar-refractivity contribution is 7.88. The standard InChI is InChI=1S/C16H24N2O4S/c1-3-12-22-15-7-4-6-14(13-15)16(19)17-8-5-9-18(11-10-17)23(2,20)21/h4,6-7,13H,3,5,8-12H2,1-2H3. The molecule has 0 spiro atoms. The van der Waals surface area contributed by atoms with Gasteiger partial charge in [-0.15, -0.1) is 0 Å². The molecule has 1 heterocycles. The van der Waals surface area contributed by atoms with Crippen LogP contribution < -0.4 is 4.74 Å². The first-order chi connectivity index (χ1) is 10.9. The fourth-order valence-corrected chi connectivity index (χ4v) is 3.42. The van der Waals surface area contributed by atoms with Crippen molar-refractivity contribution < 1.29 is 17.9 Å². The van der Waals surface area contributed by atoms with Crippen LogP contribution in [-0.4, -0.2) is 62.6 Å². The van der Waals surface area contributed by atoms with Crippen LogP contribution in [0.1, 0.15) is 30.1 Å². The summed E-state index contributed by atoms with van der Waals surface area (Å²) in [6, 6.07) is 7.15. The van der Waals surface area contributed by atoms with Crippen molar-refractivity contribution in [3.63, 3.8) is 0 Å². The number of benzene rings is 1. The van der Waals surface area contributed by atoms with Crippen LogP contribution in [0.3, 0.4) is 0 Å². The molecule has 0 saturated carbocycles. The fraction of sp³-hybridized carbons (Fsp3) is 0.562. The lowest BCUT2D eigenvalue weighted by Gasteiger charge is -2.21. The molecule has 1 aromatic carbocycles. The van der Waals surface area contributed by atoms with Crippen LogP contribution in [-0.2, 0) is 10.0 Å². The van der Waals surface area contributed by atoms with Gasteiger partial charge >= 0.3 is 0 Å². The Kier molecular flexibility index (Phi) is 6.01.